The van der Waals surface area contributed by atoms with Crippen LogP contribution in [0.5, 0.6) is 0 Å². The topological polar surface area (TPSA) is 41.1 Å². The summed E-state index contributed by atoms with van der Waals surface area (Å²) in [6.07, 6.45) is 0. The average Bonchev–Trinajstić information content (AvgIpc) is 2.47. The van der Waals surface area contributed by atoms with Crippen molar-refractivity contribution >= 4 is 11.6 Å². The monoisotopic (exact) mass is 282 g/mol. The Kier molecular flexibility index (Phi) is 4.76. The van der Waals surface area contributed by atoms with Crippen molar-refractivity contribution < 1.29 is 4.79 Å². The van der Waals surface area contributed by atoms with Crippen molar-refractivity contribution in [2.75, 3.05) is 12.4 Å². The molecule has 0 aromatic heterocycles. The first-order valence-corrected chi connectivity index (χ1v) is 7.17. The summed E-state index contributed by atoms with van der Waals surface area (Å²) < 4.78 is 0. The molecule has 0 aliphatic rings. The van der Waals surface area contributed by atoms with Crippen LogP contribution in [0.15, 0.2) is 42.5 Å². The highest BCUT2D eigenvalue weighted by Gasteiger charge is 2.09. The summed E-state index contributed by atoms with van der Waals surface area (Å²) in [6, 6.07) is 14.1. The van der Waals surface area contributed by atoms with Crippen molar-refractivity contribution in [1.82, 2.24) is 5.32 Å². The maximum Gasteiger partial charge on any atom is 0.255 e. The molecular weight excluding hydrogens is 260 g/mol. The molecule has 110 valence electrons. The van der Waals surface area contributed by atoms with E-state index in [1.54, 1.807) is 0 Å². The Morgan fingerprint density at radius 3 is 2.29 bits per heavy atom. The molecule has 2 N–H and O–H groups in total. The largest absolute Gasteiger partial charge is 0.322 e. The van der Waals surface area contributed by atoms with Crippen LogP contribution in [0.3, 0.4) is 0 Å². The fourth-order valence-corrected chi connectivity index (χ4v) is 2.29. The first-order chi connectivity index (χ1) is 10.0. The summed E-state index contributed by atoms with van der Waals surface area (Å²) in [5, 5.41) is 6.14. The number of rotatable bonds is 4. The van der Waals surface area contributed by atoms with Gasteiger partial charge in [-0.2, -0.15) is 0 Å². The van der Waals surface area contributed by atoms with Gasteiger partial charge in [-0.25, -0.2) is 0 Å². The molecule has 0 aliphatic carbocycles. The second-order valence-corrected chi connectivity index (χ2v) is 5.40. The van der Waals surface area contributed by atoms with Crippen molar-refractivity contribution in [2.24, 2.45) is 0 Å². The number of hydrogen-bond acceptors (Lipinski definition) is 2. The van der Waals surface area contributed by atoms with E-state index in [1.165, 1.54) is 5.56 Å². The van der Waals surface area contributed by atoms with Gasteiger partial charge in [0.05, 0.1) is 0 Å². The highest BCUT2D eigenvalue weighted by Crippen LogP contribution is 2.17. The summed E-state index contributed by atoms with van der Waals surface area (Å²) in [5.41, 5.74) is 4.88. The van der Waals surface area contributed by atoms with Crippen LogP contribution in [-0.2, 0) is 0 Å². The second-order valence-electron chi connectivity index (χ2n) is 5.40. The normalized spacial score (nSPS) is 12.0. The van der Waals surface area contributed by atoms with E-state index in [0.29, 0.717) is 11.6 Å². The van der Waals surface area contributed by atoms with E-state index in [2.05, 4.69) is 17.6 Å². The van der Waals surface area contributed by atoms with Gasteiger partial charge in [-0.05, 0) is 57.1 Å². The fraction of sp³-hybridized carbons (Fsp3) is 0.278. The van der Waals surface area contributed by atoms with E-state index in [1.807, 2.05) is 63.4 Å². The van der Waals surface area contributed by atoms with Crippen LogP contribution < -0.4 is 10.6 Å². The molecule has 3 nitrogen and oxygen atoms in total. The van der Waals surface area contributed by atoms with Gasteiger partial charge < -0.3 is 10.6 Å². The predicted molar refractivity (Wildman–Crippen MR) is 87.8 cm³/mol. The molecule has 3 heteroatoms. The molecule has 1 unspecified atom stereocenters. The summed E-state index contributed by atoms with van der Waals surface area (Å²) in [5.74, 6) is -0.0677. The maximum atomic E-state index is 12.3. The van der Waals surface area contributed by atoms with Gasteiger partial charge in [0.25, 0.3) is 5.91 Å². The standard InChI is InChI=1S/C18H22N2O/c1-12-5-10-17(13(2)11-12)18(21)20-16-8-6-15(7-9-16)14(3)19-4/h5-11,14,19H,1-4H3,(H,20,21). The number of benzene rings is 2. The summed E-state index contributed by atoms with van der Waals surface area (Å²) in [6.45, 7) is 6.08. The first-order valence-electron chi connectivity index (χ1n) is 7.17. The zero-order valence-corrected chi connectivity index (χ0v) is 13.0. The van der Waals surface area contributed by atoms with Crippen LogP contribution in [0.4, 0.5) is 5.69 Å². The van der Waals surface area contributed by atoms with Gasteiger partial charge in [-0.1, -0.05) is 29.8 Å². The molecule has 0 bridgehead atoms. The molecule has 0 aliphatic heterocycles. The molecular formula is C18H22N2O. The van der Waals surface area contributed by atoms with Crippen molar-refractivity contribution in [3.63, 3.8) is 0 Å². The lowest BCUT2D eigenvalue weighted by molar-refractivity contribution is 0.102. The minimum Gasteiger partial charge on any atom is -0.322 e. The summed E-state index contributed by atoms with van der Waals surface area (Å²) in [4.78, 5) is 12.3. The van der Waals surface area contributed by atoms with Gasteiger partial charge in [0.15, 0.2) is 0 Å². The van der Waals surface area contributed by atoms with Crippen molar-refractivity contribution in [3.8, 4) is 0 Å². The van der Waals surface area contributed by atoms with E-state index in [0.717, 1.165) is 16.8 Å². The number of nitrogens with one attached hydrogen (secondary N) is 2. The fourth-order valence-electron chi connectivity index (χ4n) is 2.29. The number of aryl methyl sites for hydroxylation is 2. The molecule has 2 aromatic carbocycles. The van der Waals surface area contributed by atoms with Gasteiger partial charge in [-0.3, -0.25) is 4.79 Å². The molecule has 2 rings (SSSR count). The Hall–Kier alpha value is -2.13. The molecule has 0 heterocycles. The Labute approximate surface area is 126 Å². The van der Waals surface area contributed by atoms with Gasteiger partial charge in [0.1, 0.15) is 0 Å². The number of amides is 1. The van der Waals surface area contributed by atoms with Crippen LogP contribution in [0.1, 0.15) is 40.0 Å². The van der Waals surface area contributed by atoms with Crippen molar-refractivity contribution in [1.29, 1.82) is 0 Å². The number of hydrogen-bond donors (Lipinski definition) is 2. The van der Waals surface area contributed by atoms with E-state index < -0.39 is 0 Å². The number of carbonyl (C=O) groups is 1. The number of carbonyl (C=O) groups excluding carboxylic acids is 1. The highest BCUT2D eigenvalue weighted by atomic mass is 16.1. The maximum absolute atomic E-state index is 12.3. The zero-order chi connectivity index (χ0) is 15.4. The Morgan fingerprint density at radius 2 is 1.71 bits per heavy atom. The Balaban J connectivity index is 2.12. The van der Waals surface area contributed by atoms with Crippen molar-refractivity contribution in [2.45, 2.75) is 26.8 Å². The van der Waals surface area contributed by atoms with Crippen LogP contribution in [0, 0.1) is 13.8 Å². The smallest absolute Gasteiger partial charge is 0.255 e. The lowest BCUT2D eigenvalue weighted by atomic mass is 10.0. The van der Waals surface area contributed by atoms with E-state index >= 15 is 0 Å². The molecule has 0 radical (unpaired) electrons. The molecule has 0 fully saturated rings. The van der Waals surface area contributed by atoms with Gasteiger partial charge in [0.2, 0.25) is 0 Å². The van der Waals surface area contributed by atoms with Gasteiger partial charge in [0, 0.05) is 17.3 Å². The van der Waals surface area contributed by atoms with Gasteiger partial charge in [-0.15, -0.1) is 0 Å². The first kappa shape index (κ1) is 15.3. The minimum absolute atomic E-state index is 0.0677. The Morgan fingerprint density at radius 1 is 1.05 bits per heavy atom. The lowest BCUT2D eigenvalue weighted by Gasteiger charge is -2.12. The molecule has 0 saturated carbocycles. The summed E-state index contributed by atoms with van der Waals surface area (Å²) in [7, 11) is 1.93. The molecule has 21 heavy (non-hydrogen) atoms. The van der Waals surface area contributed by atoms with Gasteiger partial charge >= 0.3 is 0 Å². The third-order valence-electron chi connectivity index (χ3n) is 3.73. The SMILES string of the molecule is CNC(C)c1ccc(NC(=O)c2ccc(C)cc2C)cc1. The Bertz CT molecular complexity index is 632. The van der Waals surface area contributed by atoms with Crippen LogP contribution in [-0.4, -0.2) is 13.0 Å². The minimum atomic E-state index is -0.0677. The molecule has 1 amide bonds. The molecule has 0 saturated heterocycles. The summed E-state index contributed by atoms with van der Waals surface area (Å²) >= 11 is 0. The second kappa shape index (κ2) is 6.55. The van der Waals surface area contributed by atoms with E-state index in [4.69, 9.17) is 0 Å². The lowest BCUT2D eigenvalue weighted by Crippen LogP contribution is -2.14. The van der Waals surface area contributed by atoms with Crippen LogP contribution >= 0.6 is 0 Å². The molecule has 0 spiro atoms. The zero-order valence-electron chi connectivity index (χ0n) is 13.0. The van der Waals surface area contributed by atoms with Crippen LogP contribution in [0.2, 0.25) is 0 Å². The average molecular weight is 282 g/mol. The molecule has 2 aromatic rings. The van der Waals surface area contributed by atoms with E-state index in [-0.39, 0.29) is 5.91 Å². The van der Waals surface area contributed by atoms with Crippen LogP contribution in [0.25, 0.3) is 0 Å². The quantitative estimate of drug-likeness (QED) is 0.894. The highest BCUT2D eigenvalue weighted by molar-refractivity contribution is 6.05. The van der Waals surface area contributed by atoms with Crippen molar-refractivity contribution in [3.05, 3.63) is 64.7 Å². The third kappa shape index (κ3) is 3.70. The number of anilines is 1. The molecule has 1 atom stereocenters. The predicted octanol–water partition coefficient (Wildman–Crippen LogP) is 3.84. The van der Waals surface area contributed by atoms with E-state index in [9.17, 15) is 4.79 Å². The third-order valence-corrected chi connectivity index (χ3v) is 3.73.